The highest BCUT2D eigenvalue weighted by Crippen LogP contribution is 2.25. The fraction of sp³-hybridized carbons (Fsp3) is 0.650. The third kappa shape index (κ3) is 6.06. The summed E-state index contributed by atoms with van der Waals surface area (Å²) in [4.78, 5) is 15.3. The van der Waals surface area contributed by atoms with E-state index in [-0.39, 0.29) is 36.8 Å². The van der Waals surface area contributed by atoms with Crippen molar-refractivity contribution in [2.45, 2.75) is 56.8 Å². The lowest BCUT2D eigenvalue weighted by Crippen LogP contribution is -2.58. The number of methoxy groups -OCH3 is 1. The topological polar surface area (TPSA) is 53.6 Å². The average Bonchev–Trinajstić information content (AvgIpc) is 2.65. The van der Waals surface area contributed by atoms with Gasteiger partial charge in [0.15, 0.2) is 0 Å². The predicted molar refractivity (Wildman–Crippen MR) is 114 cm³/mol. The van der Waals surface area contributed by atoms with Crippen LogP contribution in [0.5, 0.6) is 0 Å². The van der Waals surface area contributed by atoms with Gasteiger partial charge >= 0.3 is 0 Å². The highest BCUT2D eigenvalue weighted by atomic mass is 35.5. The maximum Gasteiger partial charge on any atom is 0.252 e. The van der Waals surface area contributed by atoms with Gasteiger partial charge in [0.25, 0.3) is 5.91 Å². The fourth-order valence-corrected chi connectivity index (χ4v) is 4.08. The Morgan fingerprint density at radius 1 is 1.26 bits per heavy atom. The van der Waals surface area contributed by atoms with Crippen LogP contribution in [-0.4, -0.2) is 55.2 Å². The summed E-state index contributed by atoms with van der Waals surface area (Å²) >= 11 is 0. The van der Waals surface area contributed by atoms with Crippen LogP contribution in [0.2, 0.25) is 0 Å². The molecule has 1 amide bonds. The number of halogens is 2. The van der Waals surface area contributed by atoms with Crippen molar-refractivity contribution in [2.24, 2.45) is 0 Å². The van der Waals surface area contributed by atoms with E-state index in [1.54, 1.807) is 7.11 Å². The second kappa shape index (κ2) is 11.2. The molecule has 2 aliphatic heterocycles. The minimum atomic E-state index is -0.643. The number of carbonyl (C=O) groups is 1. The molecule has 2 aliphatic rings. The molecule has 2 unspecified atom stereocenters. The first kappa shape index (κ1) is 24.2. The molecule has 2 heterocycles. The van der Waals surface area contributed by atoms with Crippen LogP contribution in [0, 0.1) is 0 Å². The van der Waals surface area contributed by atoms with Crippen LogP contribution in [0.15, 0.2) is 30.3 Å². The smallest absolute Gasteiger partial charge is 0.252 e. The molecule has 2 N–H and O–H groups in total. The minimum absolute atomic E-state index is 0. The number of amides is 1. The Morgan fingerprint density at radius 2 is 1.93 bits per heavy atom. The van der Waals surface area contributed by atoms with Gasteiger partial charge < -0.3 is 15.4 Å². The molecule has 0 aromatic heterocycles. The Labute approximate surface area is 175 Å². The van der Waals surface area contributed by atoms with Crippen LogP contribution < -0.4 is 10.6 Å². The lowest BCUT2D eigenvalue weighted by molar-refractivity contribution is -0.148. The first-order valence-electron chi connectivity index (χ1n) is 9.48. The third-order valence-corrected chi connectivity index (χ3v) is 5.79. The van der Waals surface area contributed by atoms with Crippen molar-refractivity contribution in [3.05, 3.63) is 35.9 Å². The average molecular weight is 418 g/mol. The highest BCUT2D eigenvalue weighted by molar-refractivity contribution is 5.86. The van der Waals surface area contributed by atoms with E-state index in [1.807, 2.05) is 0 Å². The Bertz CT molecular complexity index is 568. The number of likely N-dealkylation sites (tertiary alicyclic amines) is 1. The number of hydrogen-bond donors (Lipinski definition) is 2. The van der Waals surface area contributed by atoms with Crippen molar-refractivity contribution in [1.29, 1.82) is 0 Å². The Balaban J connectivity index is 0.00000182. The molecular weight excluding hydrogens is 385 g/mol. The van der Waals surface area contributed by atoms with Crippen molar-refractivity contribution in [2.75, 3.05) is 26.7 Å². The van der Waals surface area contributed by atoms with E-state index in [1.165, 1.54) is 5.56 Å². The molecule has 0 aliphatic carbocycles. The first-order chi connectivity index (χ1) is 12.1. The second-order valence-corrected chi connectivity index (χ2v) is 7.45. The summed E-state index contributed by atoms with van der Waals surface area (Å²) < 4.78 is 5.65. The monoisotopic (exact) mass is 417 g/mol. The van der Waals surface area contributed by atoms with E-state index in [4.69, 9.17) is 4.74 Å². The maximum atomic E-state index is 12.8. The van der Waals surface area contributed by atoms with Gasteiger partial charge in [-0.25, -0.2) is 0 Å². The van der Waals surface area contributed by atoms with Gasteiger partial charge in [0.1, 0.15) is 5.60 Å². The molecule has 154 valence electrons. The number of hydrogen-bond acceptors (Lipinski definition) is 4. The van der Waals surface area contributed by atoms with Crippen molar-refractivity contribution in [1.82, 2.24) is 15.5 Å². The summed E-state index contributed by atoms with van der Waals surface area (Å²) in [6, 6.07) is 11.3. The Hall–Kier alpha value is -0.850. The molecule has 0 spiro atoms. The first-order valence-corrected chi connectivity index (χ1v) is 9.48. The Kier molecular flexibility index (Phi) is 10.1. The summed E-state index contributed by atoms with van der Waals surface area (Å²) in [5.74, 6) is 0.0743. The molecule has 2 atom stereocenters. The van der Waals surface area contributed by atoms with Crippen molar-refractivity contribution in [3.63, 3.8) is 0 Å². The highest BCUT2D eigenvalue weighted by Gasteiger charge is 2.41. The number of nitrogens with zero attached hydrogens (tertiary/aromatic N) is 1. The quantitative estimate of drug-likeness (QED) is 0.772. The van der Waals surface area contributed by atoms with E-state index in [0.717, 1.165) is 51.9 Å². The van der Waals surface area contributed by atoms with E-state index < -0.39 is 5.60 Å². The summed E-state index contributed by atoms with van der Waals surface area (Å²) in [5.41, 5.74) is 0.709. The van der Waals surface area contributed by atoms with Crippen LogP contribution in [0.4, 0.5) is 0 Å². The summed E-state index contributed by atoms with van der Waals surface area (Å²) in [5, 5.41) is 6.58. The van der Waals surface area contributed by atoms with Gasteiger partial charge in [0.2, 0.25) is 0 Å². The standard InChI is InChI=1S/C20H31N3O2.2ClH/c1-16-14-18(8-13-23(16)15-17-6-4-3-5-7-17)22-19(24)20(25-2)9-11-21-12-10-20;;/h3-7,16,18,21H,8-15H2,1-2H3,(H,22,24);2*1H. The lowest BCUT2D eigenvalue weighted by Gasteiger charge is -2.40. The van der Waals surface area contributed by atoms with Gasteiger partial charge in [-0.1, -0.05) is 30.3 Å². The molecule has 0 bridgehead atoms. The molecule has 2 fully saturated rings. The maximum absolute atomic E-state index is 12.8. The summed E-state index contributed by atoms with van der Waals surface area (Å²) in [7, 11) is 1.66. The van der Waals surface area contributed by atoms with Gasteiger partial charge in [-0.3, -0.25) is 9.69 Å². The minimum Gasteiger partial charge on any atom is -0.368 e. The molecule has 3 rings (SSSR count). The number of nitrogens with one attached hydrogen (secondary N) is 2. The molecule has 2 saturated heterocycles. The van der Waals surface area contributed by atoms with Gasteiger partial charge in [0.05, 0.1) is 0 Å². The van der Waals surface area contributed by atoms with Crippen LogP contribution in [0.1, 0.15) is 38.2 Å². The molecule has 27 heavy (non-hydrogen) atoms. The zero-order chi connectivity index (χ0) is 17.7. The van der Waals surface area contributed by atoms with Crippen LogP contribution in [-0.2, 0) is 16.1 Å². The molecule has 7 heteroatoms. The number of carbonyl (C=O) groups excluding carboxylic acids is 1. The normalized spacial score (nSPS) is 25.0. The predicted octanol–water partition coefficient (Wildman–Crippen LogP) is 2.77. The van der Waals surface area contributed by atoms with E-state index in [0.29, 0.717) is 6.04 Å². The van der Waals surface area contributed by atoms with Crippen LogP contribution in [0.25, 0.3) is 0 Å². The Morgan fingerprint density at radius 3 is 2.52 bits per heavy atom. The van der Waals surface area contributed by atoms with Crippen molar-refractivity contribution >= 4 is 30.7 Å². The molecule has 0 radical (unpaired) electrons. The molecule has 1 aromatic carbocycles. The van der Waals surface area contributed by atoms with Gasteiger partial charge in [-0.15, -0.1) is 24.8 Å². The zero-order valence-electron chi connectivity index (χ0n) is 16.3. The molecule has 1 aromatic rings. The number of benzene rings is 1. The number of piperidine rings is 2. The third-order valence-electron chi connectivity index (χ3n) is 5.79. The fourth-order valence-electron chi connectivity index (χ4n) is 4.08. The van der Waals surface area contributed by atoms with Crippen molar-refractivity contribution < 1.29 is 9.53 Å². The van der Waals surface area contributed by atoms with E-state index >= 15 is 0 Å². The molecular formula is C20H33Cl2N3O2. The zero-order valence-corrected chi connectivity index (χ0v) is 17.9. The van der Waals surface area contributed by atoms with Gasteiger partial charge in [0, 0.05) is 32.3 Å². The molecule has 5 nitrogen and oxygen atoms in total. The van der Waals surface area contributed by atoms with Gasteiger partial charge in [-0.05, 0) is 51.3 Å². The van der Waals surface area contributed by atoms with Gasteiger partial charge in [-0.2, -0.15) is 0 Å². The largest absolute Gasteiger partial charge is 0.368 e. The van der Waals surface area contributed by atoms with Crippen molar-refractivity contribution in [3.8, 4) is 0 Å². The molecule has 0 saturated carbocycles. The van der Waals surface area contributed by atoms with Crippen LogP contribution >= 0.6 is 24.8 Å². The second-order valence-electron chi connectivity index (χ2n) is 7.45. The summed E-state index contributed by atoms with van der Waals surface area (Å²) in [6.07, 6.45) is 3.49. The summed E-state index contributed by atoms with van der Waals surface area (Å²) in [6.45, 7) is 5.94. The van der Waals surface area contributed by atoms with E-state index in [9.17, 15) is 4.79 Å². The number of ether oxygens (including phenoxy) is 1. The number of rotatable bonds is 5. The van der Waals surface area contributed by atoms with Crippen LogP contribution in [0.3, 0.4) is 0 Å². The SMILES string of the molecule is COC1(C(=O)NC2CCN(Cc3ccccc3)C(C)C2)CCNCC1.Cl.Cl. The lowest BCUT2D eigenvalue weighted by atomic mass is 9.89. The van der Waals surface area contributed by atoms with E-state index in [2.05, 4.69) is 52.8 Å².